The van der Waals surface area contributed by atoms with Gasteiger partial charge in [0.15, 0.2) is 5.82 Å². The second-order valence-electron chi connectivity index (χ2n) is 13.0. The minimum Gasteiger partial charge on any atom is -0.465 e. The summed E-state index contributed by atoms with van der Waals surface area (Å²) in [6, 6.07) is 48.3. The van der Waals surface area contributed by atoms with Crippen molar-refractivity contribution in [3.8, 4) is 22.5 Å². The average Bonchev–Trinajstić information content (AvgIpc) is 3.96. The van der Waals surface area contributed by atoms with Crippen molar-refractivity contribution in [1.82, 2.24) is 29.8 Å². The first-order chi connectivity index (χ1) is 26.1. The van der Waals surface area contributed by atoms with Crippen molar-refractivity contribution >= 4 is 28.3 Å². The Hall–Kier alpha value is -6.19. The molecule has 9 heteroatoms. The first-order valence-corrected chi connectivity index (χ1v) is 18.7. The lowest BCUT2D eigenvalue weighted by Crippen LogP contribution is -2.39. The van der Waals surface area contributed by atoms with Crippen molar-refractivity contribution in [1.29, 1.82) is 0 Å². The zero-order valence-electron chi connectivity index (χ0n) is 29.6. The fourth-order valence-electron chi connectivity index (χ4n) is 7.30. The van der Waals surface area contributed by atoms with Gasteiger partial charge in [0.25, 0.3) is 0 Å². The largest absolute Gasteiger partial charge is 0.465 e. The van der Waals surface area contributed by atoms with Gasteiger partial charge in [0, 0.05) is 23.9 Å². The number of hydrogen-bond donors (Lipinski definition) is 0. The predicted molar refractivity (Wildman–Crippen MR) is 210 cm³/mol. The summed E-state index contributed by atoms with van der Waals surface area (Å²) in [5.74, 6) is 1.29. The molecule has 0 saturated heterocycles. The summed E-state index contributed by atoms with van der Waals surface area (Å²) in [7, 11) is 1.41. The molecule has 53 heavy (non-hydrogen) atoms. The van der Waals surface area contributed by atoms with E-state index in [2.05, 4.69) is 132 Å². The van der Waals surface area contributed by atoms with Gasteiger partial charge in [-0.25, -0.2) is 14.5 Å². The molecule has 0 radical (unpaired) electrons. The Kier molecular flexibility index (Phi) is 9.48. The van der Waals surface area contributed by atoms with Gasteiger partial charge < -0.3 is 9.30 Å². The van der Waals surface area contributed by atoms with Crippen LogP contribution in [0.3, 0.4) is 0 Å². The Balaban J connectivity index is 1.21. The van der Waals surface area contributed by atoms with Crippen LogP contribution in [0.4, 0.5) is 0 Å². The van der Waals surface area contributed by atoms with Gasteiger partial charge in [-0.1, -0.05) is 153 Å². The summed E-state index contributed by atoms with van der Waals surface area (Å²) in [5.41, 5.74) is 8.08. The number of imidazole rings is 1. The molecule has 3 aromatic heterocycles. The van der Waals surface area contributed by atoms with Crippen molar-refractivity contribution in [3.05, 3.63) is 178 Å². The Bertz CT molecular complexity index is 2370. The topological polar surface area (TPSA) is 87.7 Å². The van der Waals surface area contributed by atoms with Gasteiger partial charge in [-0.15, -0.1) is 16.4 Å². The van der Waals surface area contributed by atoms with E-state index in [1.807, 2.05) is 34.3 Å². The number of tetrazole rings is 1. The SMILES string of the molecule is CCCCc1nc2c(C(=O)OC)scc2n1Cc1ccc(-c2ccccc2-c2nnnn2C(c2ccccc2)(c2ccccc2)c2ccccc2)cc1. The zero-order chi connectivity index (χ0) is 36.2. The minimum absolute atomic E-state index is 0.348. The number of ether oxygens (including phenoxy) is 1. The molecule has 0 spiro atoms. The van der Waals surface area contributed by atoms with Crippen LogP contribution in [0.25, 0.3) is 33.5 Å². The average molecular weight is 715 g/mol. The van der Waals surface area contributed by atoms with E-state index in [-0.39, 0.29) is 5.97 Å². The Labute approximate surface area is 312 Å². The number of nitrogens with zero attached hydrogens (tertiary/aromatic N) is 6. The molecule has 0 aliphatic rings. The molecule has 0 aliphatic heterocycles. The van der Waals surface area contributed by atoms with Crippen molar-refractivity contribution in [2.45, 2.75) is 38.3 Å². The normalized spacial score (nSPS) is 11.6. The summed E-state index contributed by atoms with van der Waals surface area (Å²) >= 11 is 1.38. The molecule has 0 N–H and O–H groups in total. The third-order valence-corrected chi connectivity index (χ3v) is 10.8. The number of methoxy groups -OCH3 is 1. The van der Waals surface area contributed by atoms with E-state index < -0.39 is 5.54 Å². The molecule has 0 aliphatic carbocycles. The number of benzene rings is 5. The minimum atomic E-state index is -0.861. The Morgan fingerprint density at radius 1 is 0.755 bits per heavy atom. The molecule has 262 valence electrons. The van der Waals surface area contributed by atoms with Crippen LogP contribution in [-0.2, 0) is 23.2 Å². The molecule has 0 unspecified atom stereocenters. The highest BCUT2D eigenvalue weighted by Gasteiger charge is 2.42. The van der Waals surface area contributed by atoms with Crippen LogP contribution in [0.5, 0.6) is 0 Å². The number of hydrogen-bond acceptors (Lipinski definition) is 7. The number of carbonyl (C=O) groups is 1. The maximum Gasteiger partial charge on any atom is 0.350 e. The number of rotatable bonds is 12. The van der Waals surface area contributed by atoms with Crippen LogP contribution in [-0.4, -0.2) is 42.8 Å². The predicted octanol–water partition coefficient (Wildman–Crippen LogP) is 9.44. The number of aromatic nitrogens is 6. The highest BCUT2D eigenvalue weighted by molar-refractivity contribution is 7.13. The molecule has 5 aromatic carbocycles. The fourth-order valence-corrected chi connectivity index (χ4v) is 8.21. The molecule has 8 nitrogen and oxygen atoms in total. The summed E-state index contributed by atoms with van der Waals surface area (Å²) in [6.07, 6.45) is 2.92. The summed E-state index contributed by atoms with van der Waals surface area (Å²) in [6.45, 7) is 2.82. The maximum atomic E-state index is 12.5. The van der Waals surface area contributed by atoms with Gasteiger partial charge >= 0.3 is 5.97 Å². The second kappa shape index (κ2) is 14.8. The number of fused-ring (bicyclic) bond motifs is 1. The number of carbonyl (C=O) groups excluding carboxylic acids is 1. The standard InChI is InChI=1S/C44H38N6O2S/c1-3-4-24-39-45-40-38(30-53-41(40)43(51)52-2)49(39)29-31-25-27-32(28-26-31)36-22-14-15-23-37(36)42-46-47-48-50(42)44(33-16-8-5-9-17-33,34-18-10-6-11-19-34)35-20-12-7-13-21-35/h5-23,25-28,30H,3-4,24,29H2,1-2H3. The van der Waals surface area contributed by atoms with Crippen molar-refractivity contribution < 1.29 is 9.53 Å². The molecular weight excluding hydrogens is 677 g/mol. The lowest BCUT2D eigenvalue weighted by Gasteiger charge is -2.36. The molecular formula is C44H38N6O2S. The molecule has 0 saturated carbocycles. The molecule has 0 bridgehead atoms. The van der Waals surface area contributed by atoms with E-state index in [0.29, 0.717) is 22.8 Å². The smallest absolute Gasteiger partial charge is 0.350 e. The maximum absolute atomic E-state index is 12.5. The van der Waals surface area contributed by atoms with Gasteiger partial charge in [0.05, 0.1) is 12.6 Å². The lowest BCUT2D eigenvalue weighted by molar-refractivity contribution is 0.0608. The van der Waals surface area contributed by atoms with E-state index in [4.69, 9.17) is 20.0 Å². The summed E-state index contributed by atoms with van der Waals surface area (Å²) < 4.78 is 9.26. The first kappa shape index (κ1) is 33.9. The fraction of sp³-hybridized carbons (Fsp3) is 0.159. The van der Waals surface area contributed by atoms with Crippen LogP contribution in [0.15, 0.2) is 145 Å². The number of esters is 1. The molecule has 8 rings (SSSR count). The summed E-state index contributed by atoms with van der Waals surface area (Å²) in [4.78, 5) is 18.0. The highest BCUT2D eigenvalue weighted by atomic mass is 32.1. The quantitative estimate of drug-likeness (QED) is 0.0926. The molecule has 0 fully saturated rings. The second-order valence-corrected chi connectivity index (χ2v) is 13.9. The third kappa shape index (κ3) is 6.13. The van der Waals surface area contributed by atoms with Crippen LogP contribution >= 0.6 is 11.3 Å². The zero-order valence-corrected chi connectivity index (χ0v) is 30.4. The molecule has 0 amide bonds. The van der Waals surface area contributed by atoms with Gasteiger partial charge in [-0.3, -0.25) is 0 Å². The van der Waals surface area contributed by atoms with E-state index in [9.17, 15) is 4.79 Å². The first-order valence-electron chi connectivity index (χ1n) is 17.8. The molecule has 8 aromatic rings. The van der Waals surface area contributed by atoms with Gasteiger partial charge in [0.1, 0.15) is 21.8 Å². The third-order valence-electron chi connectivity index (χ3n) is 9.85. The Morgan fingerprint density at radius 2 is 1.34 bits per heavy atom. The Morgan fingerprint density at radius 3 is 1.92 bits per heavy atom. The van der Waals surface area contributed by atoms with Crippen LogP contribution < -0.4 is 0 Å². The molecule has 3 heterocycles. The van der Waals surface area contributed by atoms with E-state index in [0.717, 1.165) is 69.5 Å². The van der Waals surface area contributed by atoms with Crippen molar-refractivity contribution in [3.63, 3.8) is 0 Å². The lowest BCUT2D eigenvalue weighted by atomic mass is 9.77. The van der Waals surface area contributed by atoms with Gasteiger partial charge in [-0.05, 0) is 50.2 Å². The van der Waals surface area contributed by atoms with Crippen LogP contribution in [0.2, 0.25) is 0 Å². The van der Waals surface area contributed by atoms with E-state index in [1.165, 1.54) is 18.4 Å². The monoisotopic (exact) mass is 714 g/mol. The summed E-state index contributed by atoms with van der Waals surface area (Å²) in [5, 5.41) is 15.8. The number of unbranched alkanes of at least 4 members (excludes halogenated alkanes) is 1. The molecule has 0 atom stereocenters. The highest BCUT2D eigenvalue weighted by Crippen LogP contribution is 2.43. The number of aryl methyl sites for hydroxylation is 1. The van der Waals surface area contributed by atoms with E-state index >= 15 is 0 Å². The van der Waals surface area contributed by atoms with Crippen LogP contribution in [0, 0.1) is 0 Å². The van der Waals surface area contributed by atoms with E-state index in [1.54, 1.807) is 0 Å². The van der Waals surface area contributed by atoms with Crippen molar-refractivity contribution in [2.24, 2.45) is 0 Å². The van der Waals surface area contributed by atoms with Gasteiger partial charge in [-0.2, -0.15) is 0 Å². The van der Waals surface area contributed by atoms with Gasteiger partial charge in [0.2, 0.25) is 0 Å². The van der Waals surface area contributed by atoms with Crippen molar-refractivity contribution in [2.75, 3.05) is 7.11 Å². The number of thiophene rings is 1. The van der Waals surface area contributed by atoms with Crippen LogP contribution in [0.1, 0.15) is 57.5 Å².